The van der Waals surface area contributed by atoms with Gasteiger partial charge in [-0.2, -0.15) is 0 Å². The van der Waals surface area contributed by atoms with E-state index in [1.54, 1.807) is 24.3 Å². The Labute approximate surface area is 162 Å². The number of ether oxygens (including phenoxy) is 1. The maximum Gasteiger partial charge on any atom is 0.261 e. The predicted octanol–water partition coefficient (Wildman–Crippen LogP) is 3.70. The first-order valence-corrected chi connectivity index (χ1v) is 9.91. The molecule has 0 heterocycles. The van der Waals surface area contributed by atoms with Gasteiger partial charge in [-0.25, -0.2) is 8.42 Å². The minimum atomic E-state index is -3.82. The van der Waals surface area contributed by atoms with Crippen molar-refractivity contribution in [1.29, 1.82) is 0 Å². The van der Waals surface area contributed by atoms with Crippen LogP contribution < -0.4 is 14.8 Å². The number of hydrogen-bond donors (Lipinski definition) is 2. The van der Waals surface area contributed by atoms with E-state index in [1.807, 2.05) is 13.8 Å². The number of hydrogen-bond acceptors (Lipinski definition) is 4. The molecule has 26 heavy (non-hydrogen) atoms. The summed E-state index contributed by atoms with van der Waals surface area (Å²) < 4.78 is 32.6. The maximum atomic E-state index is 12.4. The zero-order valence-corrected chi connectivity index (χ0v) is 16.5. The van der Waals surface area contributed by atoms with E-state index in [0.29, 0.717) is 10.7 Å². The van der Waals surface area contributed by atoms with Crippen LogP contribution in [0.1, 0.15) is 13.8 Å². The third kappa shape index (κ3) is 5.79. The largest absolute Gasteiger partial charge is 0.482 e. The van der Waals surface area contributed by atoms with E-state index in [0.717, 1.165) is 0 Å². The Morgan fingerprint density at radius 1 is 1.12 bits per heavy atom. The van der Waals surface area contributed by atoms with E-state index < -0.39 is 10.0 Å². The zero-order chi connectivity index (χ0) is 19.3. The summed E-state index contributed by atoms with van der Waals surface area (Å²) in [7, 11) is -3.82. The number of carbonyl (C=O) groups excluding carboxylic acids is 1. The normalized spacial score (nSPS) is 11.3. The van der Waals surface area contributed by atoms with Gasteiger partial charge in [0.1, 0.15) is 5.75 Å². The number of halogens is 2. The van der Waals surface area contributed by atoms with Crippen LogP contribution in [0.25, 0.3) is 0 Å². The molecule has 0 bridgehead atoms. The Kier molecular flexibility index (Phi) is 6.75. The van der Waals surface area contributed by atoms with Crippen molar-refractivity contribution in [3.63, 3.8) is 0 Å². The summed E-state index contributed by atoms with van der Waals surface area (Å²) in [6.45, 7) is 3.45. The average Bonchev–Trinajstić information content (AvgIpc) is 2.55. The molecular formula is C17H18Cl2N2O4S. The van der Waals surface area contributed by atoms with Crippen molar-refractivity contribution < 1.29 is 17.9 Å². The molecule has 0 aromatic heterocycles. The van der Waals surface area contributed by atoms with Gasteiger partial charge in [-0.3, -0.25) is 9.52 Å². The highest BCUT2D eigenvalue weighted by atomic mass is 35.5. The molecule has 0 fully saturated rings. The summed E-state index contributed by atoms with van der Waals surface area (Å²) in [4.78, 5) is 11.6. The lowest BCUT2D eigenvalue weighted by Crippen LogP contribution is -2.34. The average molecular weight is 417 g/mol. The fourth-order valence-electron chi connectivity index (χ4n) is 2.00. The summed E-state index contributed by atoms with van der Waals surface area (Å²) in [6, 6.07) is 10.2. The number of rotatable bonds is 7. The molecule has 0 spiro atoms. The number of amides is 1. The summed E-state index contributed by atoms with van der Waals surface area (Å²) in [5.41, 5.74) is 0.371. The Hall–Kier alpha value is -1.96. The number of carbonyl (C=O) groups is 1. The predicted molar refractivity (Wildman–Crippen MR) is 102 cm³/mol. The molecule has 1 amide bonds. The van der Waals surface area contributed by atoms with E-state index in [9.17, 15) is 13.2 Å². The summed E-state index contributed by atoms with van der Waals surface area (Å²) >= 11 is 11.9. The second kappa shape index (κ2) is 8.62. The lowest BCUT2D eigenvalue weighted by Gasteiger charge is -2.12. The van der Waals surface area contributed by atoms with Gasteiger partial charge in [0, 0.05) is 16.8 Å². The van der Waals surface area contributed by atoms with Crippen LogP contribution in [0.3, 0.4) is 0 Å². The lowest BCUT2D eigenvalue weighted by atomic mass is 10.3. The van der Waals surface area contributed by atoms with E-state index in [-0.39, 0.29) is 34.2 Å². The first-order chi connectivity index (χ1) is 12.2. The second-order valence-corrected chi connectivity index (χ2v) is 8.24. The molecule has 0 aliphatic carbocycles. The zero-order valence-electron chi connectivity index (χ0n) is 14.1. The first-order valence-electron chi connectivity index (χ1n) is 7.67. The van der Waals surface area contributed by atoms with Crippen LogP contribution in [0.4, 0.5) is 5.69 Å². The molecule has 140 valence electrons. The molecule has 2 N–H and O–H groups in total. The number of nitrogens with one attached hydrogen (secondary N) is 2. The molecule has 0 unspecified atom stereocenters. The van der Waals surface area contributed by atoms with Crippen molar-refractivity contribution in [2.24, 2.45) is 0 Å². The van der Waals surface area contributed by atoms with Crippen molar-refractivity contribution >= 4 is 44.8 Å². The van der Waals surface area contributed by atoms with Crippen molar-refractivity contribution in [2.45, 2.75) is 24.8 Å². The van der Waals surface area contributed by atoms with Crippen LogP contribution >= 0.6 is 23.2 Å². The van der Waals surface area contributed by atoms with Crippen molar-refractivity contribution in [2.75, 3.05) is 11.3 Å². The Morgan fingerprint density at radius 2 is 1.77 bits per heavy atom. The van der Waals surface area contributed by atoms with Gasteiger partial charge in [-0.1, -0.05) is 23.2 Å². The molecule has 2 rings (SSSR count). The fraction of sp³-hybridized carbons (Fsp3) is 0.235. The molecule has 0 aliphatic heterocycles. The van der Waals surface area contributed by atoms with E-state index in [2.05, 4.69) is 10.0 Å². The van der Waals surface area contributed by atoms with E-state index in [1.165, 1.54) is 18.2 Å². The van der Waals surface area contributed by atoms with Crippen LogP contribution in [0.15, 0.2) is 47.4 Å². The molecule has 2 aromatic carbocycles. The van der Waals surface area contributed by atoms with Crippen LogP contribution in [-0.2, 0) is 14.8 Å². The summed E-state index contributed by atoms with van der Waals surface area (Å²) in [5.74, 6) is -0.0758. The van der Waals surface area contributed by atoms with Gasteiger partial charge < -0.3 is 10.1 Å². The fourth-order valence-corrected chi connectivity index (χ4v) is 3.51. The number of anilines is 1. The van der Waals surface area contributed by atoms with Gasteiger partial charge in [-0.05, 0) is 56.3 Å². The highest BCUT2D eigenvalue weighted by Crippen LogP contribution is 2.28. The molecule has 0 atom stereocenters. The minimum Gasteiger partial charge on any atom is -0.482 e. The Morgan fingerprint density at radius 3 is 2.35 bits per heavy atom. The molecule has 0 saturated carbocycles. The highest BCUT2D eigenvalue weighted by Gasteiger charge is 2.17. The standard InChI is InChI=1S/C17H18Cl2N2O4S/c1-11(2)20-17(22)10-25-16-8-7-14(9-15(16)19)26(23,24)21-13-5-3-12(18)4-6-13/h3-9,11,21H,10H2,1-2H3,(H,20,22). The van der Waals surface area contributed by atoms with Crippen LogP contribution in [0.5, 0.6) is 5.75 Å². The van der Waals surface area contributed by atoms with Gasteiger partial charge in [0.15, 0.2) is 6.61 Å². The molecule has 0 radical (unpaired) electrons. The van der Waals surface area contributed by atoms with Crippen molar-refractivity contribution in [1.82, 2.24) is 5.32 Å². The van der Waals surface area contributed by atoms with Crippen molar-refractivity contribution in [3.8, 4) is 5.75 Å². The van der Waals surface area contributed by atoms with Crippen molar-refractivity contribution in [3.05, 3.63) is 52.5 Å². The first kappa shape index (κ1) is 20.4. The van der Waals surface area contributed by atoms with Gasteiger partial charge in [0.05, 0.1) is 9.92 Å². The van der Waals surface area contributed by atoms with Gasteiger partial charge in [0.2, 0.25) is 0 Å². The summed E-state index contributed by atoms with van der Waals surface area (Å²) in [6.07, 6.45) is 0. The smallest absolute Gasteiger partial charge is 0.261 e. The molecular weight excluding hydrogens is 399 g/mol. The topological polar surface area (TPSA) is 84.5 Å². The molecule has 0 aliphatic rings. The van der Waals surface area contributed by atoms with E-state index >= 15 is 0 Å². The maximum absolute atomic E-state index is 12.4. The monoisotopic (exact) mass is 416 g/mol. The molecule has 6 nitrogen and oxygen atoms in total. The summed E-state index contributed by atoms with van der Waals surface area (Å²) in [5, 5.41) is 3.26. The highest BCUT2D eigenvalue weighted by molar-refractivity contribution is 7.92. The number of benzene rings is 2. The van der Waals surface area contributed by atoms with Crippen LogP contribution in [0.2, 0.25) is 10.0 Å². The molecule has 0 saturated heterocycles. The van der Waals surface area contributed by atoms with Crippen LogP contribution in [-0.4, -0.2) is 27.0 Å². The van der Waals surface area contributed by atoms with Gasteiger partial charge in [0.25, 0.3) is 15.9 Å². The molecule has 9 heteroatoms. The Bertz CT molecular complexity index is 884. The van der Waals surface area contributed by atoms with Gasteiger partial charge in [-0.15, -0.1) is 0 Å². The quantitative estimate of drug-likeness (QED) is 0.720. The lowest BCUT2D eigenvalue weighted by molar-refractivity contribution is -0.123. The van der Waals surface area contributed by atoms with Gasteiger partial charge >= 0.3 is 0 Å². The van der Waals surface area contributed by atoms with Crippen LogP contribution in [0, 0.1) is 0 Å². The third-order valence-corrected chi connectivity index (χ3v) is 5.04. The third-order valence-electron chi connectivity index (χ3n) is 3.12. The SMILES string of the molecule is CC(C)NC(=O)COc1ccc(S(=O)(=O)Nc2ccc(Cl)cc2)cc1Cl. The number of sulfonamides is 1. The Balaban J connectivity index is 2.09. The molecule has 2 aromatic rings. The minimum absolute atomic E-state index is 0.00645. The van der Waals surface area contributed by atoms with E-state index in [4.69, 9.17) is 27.9 Å². The second-order valence-electron chi connectivity index (χ2n) is 5.72.